The van der Waals surface area contributed by atoms with Crippen molar-refractivity contribution in [3.63, 3.8) is 0 Å². The van der Waals surface area contributed by atoms with Crippen LogP contribution in [-0.4, -0.2) is 25.7 Å². The maximum Gasteiger partial charge on any atom is 0.224 e. The number of ether oxygens (including phenoxy) is 3. The molecule has 0 spiro atoms. The van der Waals surface area contributed by atoms with Gasteiger partial charge in [0.2, 0.25) is 5.91 Å². The molecule has 0 saturated heterocycles. The molecule has 0 radical (unpaired) electrons. The third-order valence-electron chi connectivity index (χ3n) is 3.67. The highest BCUT2D eigenvalue weighted by Gasteiger charge is 2.08. The van der Waals surface area contributed by atoms with Crippen LogP contribution in [-0.2, 0) is 4.79 Å². The van der Waals surface area contributed by atoms with Gasteiger partial charge in [0.05, 0.1) is 19.8 Å². The monoisotopic (exact) mass is 357 g/mol. The van der Waals surface area contributed by atoms with Crippen molar-refractivity contribution in [1.29, 1.82) is 0 Å². The van der Waals surface area contributed by atoms with Gasteiger partial charge in [0, 0.05) is 18.2 Å². The number of aryl methyl sites for hydroxylation is 1. The van der Waals surface area contributed by atoms with E-state index in [0.29, 0.717) is 49.8 Å². The van der Waals surface area contributed by atoms with E-state index < -0.39 is 0 Å². The van der Waals surface area contributed by atoms with E-state index in [4.69, 9.17) is 14.2 Å². The topological polar surface area (TPSA) is 56.8 Å². The molecular weight excluding hydrogens is 330 g/mol. The lowest BCUT2D eigenvalue weighted by molar-refractivity contribution is -0.116. The fraction of sp³-hybridized carbons (Fsp3) is 0.381. The lowest BCUT2D eigenvalue weighted by Gasteiger charge is -2.13. The van der Waals surface area contributed by atoms with E-state index in [1.807, 2.05) is 57.2 Å². The van der Waals surface area contributed by atoms with E-state index in [0.717, 1.165) is 5.75 Å². The molecule has 0 unspecified atom stereocenters. The summed E-state index contributed by atoms with van der Waals surface area (Å²) < 4.78 is 16.7. The van der Waals surface area contributed by atoms with Gasteiger partial charge in [-0.1, -0.05) is 17.7 Å². The molecule has 0 atom stereocenters. The van der Waals surface area contributed by atoms with Crippen LogP contribution in [0.25, 0.3) is 0 Å². The highest BCUT2D eigenvalue weighted by molar-refractivity contribution is 5.91. The van der Waals surface area contributed by atoms with Gasteiger partial charge in [0.1, 0.15) is 5.75 Å². The molecule has 1 amide bonds. The van der Waals surface area contributed by atoms with Gasteiger partial charge in [-0.2, -0.15) is 0 Å². The Bertz CT molecular complexity index is 698. The summed E-state index contributed by atoms with van der Waals surface area (Å²) in [7, 11) is 0. The van der Waals surface area contributed by atoms with Crippen LogP contribution in [0, 0.1) is 6.92 Å². The summed E-state index contributed by atoms with van der Waals surface area (Å²) in [5.41, 5.74) is 1.89. The van der Waals surface area contributed by atoms with Crippen molar-refractivity contribution in [2.24, 2.45) is 0 Å². The Morgan fingerprint density at radius 3 is 2.31 bits per heavy atom. The summed E-state index contributed by atoms with van der Waals surface area (Å²) in [5.74, 6) is 2.08. The van der Waals surface area contributed by atoms with Gasteiger partial charge in [0.25, 0.3) is 0 Å². The quantitative estimate of drug-likeness (QED) is 0.632. The third-order valence-corrected chi connectivity index (χ3v) is 3.67. The second-order valence-electron chi connectivity index (χ2n) is 5.84. The predicted molar refractivity (Wildman–Crippen MR) is 103 cm³/mol. The highest BCUT2D eigenvalue weighted by Crippen LogP contribution is 2.30. The zero-order valence-corrected chi connectivity index (χ0v) is 15.7. The molecule has 5 heteroatoms. The van der Waals surface area contributed by atoms with E-state index in [2.05, 4.69) is 5.32 Å². The molecule has 5 nitrogen and oxygen atoms in total. The molecule has 26 heavy (non-hydrogen) atoms. The second-order valence-corrected chi connectivity index (χ2v) is 5.84. The van der Waals surface area contributed by atoms with Crippen molar-refractivity contribution in [3.05, 3.63) is 48.0 Å². The molecule has 2 aromatic rings. The number of hydrogen-bond acceptors (Lipinski definition) is 4. The molecule has 0 fully saturated rings. The van der Waals surface area contributed by atoms with Crippen molar-refractivity contribution in [3.8, 4) is 17.2 Å². The molecule has 0 aliphatic heterocycles. The first kappa shape index (κ1) is 19.6. The first-order valence-electron chi connectivity index (χ1n) is 9.01. The van der Waals surface area contributed by atoms with Gasteiger partial charge < -0.3 is 19.5 Å². The number of anilines is 1. The van der Waals surface area contributed by atoms with Crippen LogP contribution < -0.4 is 19.5 Å². The van der Waals surface area contributed by atoms with Gasteiger partial charge in [0.15, 0.2) is 11.5 Å². The Labute approximate surface area is 155 Å². The summed E-state index contributed by atoms with van der Waals surface area (Å²) in [6, 6.07) is 13.3. The molecule has 0 aliphatic carbocycles. The molecule has 0 bridgehead atoms. The number of rotatable bonds is 10. The molecule has 0 heterocycles. The summed E-state index contributed by atoms with van der Waals surface area (Å²) in [5, 5.41) is 2.89. The van der Waals surface area contributed by atoms with Crippen molar-refractivity contribution < 1.29 is 19.0 Å². The summed E-state index contributed by atoms with van der Waals surface area (Å²) in [4.78, 5) is 12.1. The average Bonchev–Trinajstić information content (AvgIpc) is 2.63. The first-order chi connectivity index (χ1) is 12.6. The Morgan fingerprint density at radius 2 is 1.62 bits per heavy atom. The predicted octanol–water partition coefficient (Wildman–Crippen LogP) is 4.59. The number of carbonyl (C=O) groups excluding carboxylic acids is 1. The zero-order chi connectivity index (χ0) is 18.8. The van der Waals surface area contributed by atoms with Crippen LogP contribution in [0.4, 0.5) is 5.69 Å². The smallest absolute Gasteiger partial charge is 0.224 e. The van der Waals surface area contributed by atoms with Crippen molar-refractivity contribution in [2.45, 2.75) is 33.6 Å². The number of amides is 1. The maximum absolute atomic E-state index is 12.1. The minimum Gasteiger partial charge on any atom is -0.494 e. The fourth-order valence-corrected chi connectivity index (χ4v) is 2.41. The highest BCUT2D eigenvalue weighted by atomic mass is 16.5. The zero-order valence-electron chi connectivity index (χ0n) is 15.7. The van der Waals surface area contributed by atoms with Crippen LogP contribution in [0.5, 0.6) is 17.2 Å². The van der Waals surface area contributed by atoms with Crippen LogP contribution in [0.15, 0.2) is 42.5 Å². The largest absolute Gasteiger partial charge is 0.494 e. The molecule has 1 N–H and O–H groups in total. The van der Waals surface area contributed by atoms with Crippen LogP contribution in [0.1, 0.15) is 32.3 Å². The normalized spacial score (nSPS) is 10.3. The molecule has 0 saturated carbocycles. The van der Waals surface area contributed by atoms with E-state index >= 15 is 0 Å². The van der Waals surface area contributed by atoms with Gasteiger partial charge in [-0.25, -0.2) is 0 Å². The van der Waals surface area contributed by atoms with Gasteiger partial charge in [-0.15, -0.1) is 0 Å². The molecule has 0 aliphatic rings. The maximum atomic E-state index is 12.1. The molecule has 2 rings (SSSR count). The Morgan fingerprint density at radius 1 is 0.923 bits per heavy atom. The SMILES string of the molecule is CCOc1ccc(NC(=O)CCCOc2ccc(C)cc2)cc1OCC. The Hall–Kier alpha value is -2.69. The van der Waals surface area contributed by atoms with Crippen LogP contribution >= 0.6 is 0 Å². The Balaban J connectivity index is 1.79. The minimum atomic E-state index is -0.0517. The molecular formula is C21H27NO4. The summed E-state index contributed by atoms with van der Waals surface area (Å²) in [6.45, 7) is 7.47. The van der Waals surface area contributed by atoms with Gasteiger partial charge >= 0.3 is 0 Å². The van der Waals surface area contributed by atoms with E-state index in [1.165, 1.54) is 5.56 Å². The number of benzene rings is 2. The van der Waals surface area contributed by atoms with E-state index in [-0.39, 0.29) is 5.91 Å². The van der Waals surface area contributed by atoms with Crippen LogP contribution in [0.2, 0.25) is 0 Å². The average molecular weight is 357 g/mol. The number of hydrogen-bond donors (Lipinski definition) is 1. The van der Waals surface area contributed by atoms with E-state index in [1.54, 1.807) is 6.07 Å². The van der Waals surface area contributed by atoms with Gasteiger partial charge in [-0.3, -0.25) is 4.79 Å². The first-order valence-corrected chi connectivity index (χ1v) is 9.01. The summed E-state index contributed by atoms with van der Waals surface area (Å²) in [6.07, 6.45) is 1.04. The third kappa shape index (κ3) is 6.31. The van der Waals surface area contributed by atoms with Crippen molar-refractivity contribution in [2.75, 3.05) is 25.1 Å². The standard InChI is InChI=1S/C21H27NO4/c1-4-24-19-13-10-17(15-20(19)25-5-2)22-21(23)7-6-14-26-18-11-8-16(3)9-12-18/h8-13,15H,4-7,14H2,1-3H3,(H,22,23). The fourth-order valence-electron chi connectivity index (χ4n) is 2.41. The summed E-state index contributed by atoms with van der Waals surface area (Å²) >= 11 is 0. The van der Waals surface area contributed by atoms with Crippen molar-refractivity contribution >= 4 is 11.6 Å². The second kappa shape index (κ2) is 10.3. The Kier molecular flexibility index (Phi) is 7.80. The lowest BCUT2D eigenvalue weighted by atomic mass is 10.2. The van der Waals surface area contributed by atoms with Gasteiger partial charge in [-0.05, 0) is 51.5 Å². The number of nitrogens with one attached hydrogen (secondary N) is 1. The molecule has 2 aromatic carbocycles. The minimum absolute atomic E-state index is 0.0517. The molecule has 0 aromatic heterocycles. The lowest BCUT2D eigenvalue weighted by Crippen LogP contribution is -2.13. The number of carbonyl (C=O) groups is 1. The molecule has 140 valence electrons. The van der Waals surface area contributed by atoms with Crippen molar-refractivity contribution in [1.82, 2.24) is 0 Å². The van der Waals surface area contributed by atoms with E-state index in [9.17, 15) is 4.79 Å². The van der Waals surface area contributed by atoms with Crippen LogP contribution in [0.3, 0.4) is 0 Å².